The van der Waals surface area contributed by atoms with Gasteiger partial charge >= 0.3 is 0 Å². The molecule has 0 rings (SSSR count). The average molecular weight is 164 g/mol. The van der Waals surface area contributed by atoms with Crippen molar-refractivity contribution in [2.45, 2.75) is 38.5 Å². The summed E-state index contributed by atoms with van der Waals surface area (Å²) in [5, 5.41) is 16.4. The van der Waals surface area contributed by atoms with Crippen LogP contribution in [0.15, 0.2) is 0 Å². The Morgan fingerprint density at radius 1 is 1.00 bits per heavy atom. The van der Waals surface area contributed by atoms with Gasteiger partial charge in [0.15, 0.2) is 0 Å². The molecule has 0 aromatic rings. The molecule has 0 N–H and O–H groups in total. The van der Waals surface area contributed by atoms with Crippen molar-refractivity contribution in [3.8, 4) is 12.1 Å². The minimum absolute atomic E-state index is 0.167. The van der Waals surface area contributed by atoms with Gasteiger partial charge in [-0.15, -0.1) is 0 Å². The lowest BCUT2D eigenvalue weighted by molar-refractivity contribution is -0.119. The number of nitrogens with zero attached hydrogens (tertiary/aromatic N) is 2. The van der Waals surface area contributed by atoms with Gasteiger partial charge in [0, 0.05) is 25.7 Å². The fourth-order valence-corrected chi connectivity index (χ4v) is 0.854. The third-order valence-corrected chi connectivity index (χ3v) is 1.49. The molecule has 0 aliphatic carbocycles. The van der Waals surface area contributed by atoms with Gasteiger partial charge in [0.1, 0.15) is 5.78 Å². The monoisotopic (exact) mass is 164 g/mol. The Morgan fingerprint density at radius 2 is 1.42 bits per heavy atom. The van der Waals surface area contributed by atoms with E-state index < -0.39 is 0 Å². The van der Waals surface area contributed by atoms with Crippen LogP contribution in [0.2, 0.25) is 0 Å². The second-order valence-corrected chi connectivity index (χ2v) is 2.56. The Hall–Kier alpha value is -1.35. The fourth-order valence-electron chi connectivity index (χ4n) is 0.854. The minimum Gasteiger partial charge on any atom is -0.300 e. The molecule has 0 aromatic heterocycles. The van der Waals surface area contributed by atoms with Gasteiger partial charge in [-0.1, -0.05) is 0 Å². The highest BCUT2D eigenvalue weighted by atomic mass is 16.1. The summed E-state index contributed by atoms with van der Waals surface area (Å²) in [6, 6.07) is 3.97. The molecule has 0 aromatic carbocycles. The Labute approximate surface area is 72.6 Å². The number of rotatable bonds is 6. The van der Waals surface area contributed by atoms with E-state index in [9.17, 15) is 4.79 Å². The van der Waals surface area contributed by atoms with Crippen molar-refractivity contribution in [3.63, 3.8) is 0 Å². The maximum absolute atomic E-state index is 11.0. The molecule has 0 spiro atoms. The van der Waals surface area contributed by atoms with Crippen LogP contribution in [0.25, 0.3) is 0 Å². The van der Waals surface area contributed by atoms with E-state index in [-0.39, 0.29) is 5.78 Å². The van der Waals surface area contributed by atoms with Crippen LogP contribution in [0.4, 0.5) is 0 Å². The summed E-state index contributed by atoms with van der Waals surface area (Å²) in [5.74, 6) is 0.167. The van der Waals surface area contributed by atoms with E-state index in [1.807, 2.05) is 12.1 Å². The van der Waals surface area contributed by atoms with Gasteiger partial charge in [0.25, 0.3) is 0 Å². The van der Waals surface area contributed by atoms with E-state index in [4.69, 9.17) is 10.5 Å². The summed E-state index contributed by atoms with van der Waals surface area (Å²) in [5.41, 5.74) is 0. The van der Waals surface area contributed by atoms with Crippen LogP contribution in [0.3, 0.4) is 0 Å². The number of nitriles is 2. The van der Waals surface area contributed by atoms with Crippen LogP contribution < -0.4 is 0 Å². The van der Waals surface area contributed by atoms with Gasteiger partial charge in [-0.3, -0.25) is 4.79 Å². The number of ketones is 1. The molecular formula is C9H12N2O. The van der Waals surface area contributed by atoms with Crippen molar-refractivity contribution >= 4 is 5.78 Å². The topological polar surface area (TPSA) is 64.7 Å². The van der Waals surface area contributed by atoms with Crippen LogP contribution in [0.1, 0.15) is 38.5 Å². The largest absolute Gasteiger partial charge is 0.300 e. The average Bonchev–Trinajstić information content (AvgIpc) is 2.06. The van der Waals surface area contributed by atoms with Crippen LogP contribution in [-0.4, -0.2) is 5.78 Å². The maximum atomic E-state index is 11.0. The molecule has 0 fully saturated rings. The number of Topliss-reactive ketones (excluding diaryl/α,β-unsaturated/α-hetero) is 1. The molecule has 0 atom stereocenters. The highest BCUT2D eigenvalue weighted by Gasteiger charge is 2.00. The SMILES string of the molecule is N#CCCCC(=O)CCCC#N. The summed E-state index contributed by atoms with van der Waals surface area (Å²) in [4.78, 5) is 11.0. The van der Waals surface area contributed by atoms with Crippen molar-refractivity contribution in [1.82, 2.24) is 0 Å². The Kier molecular flexibility index (Phi) is 6.88. The molecule has 0 amide bonds. The molecule has 3 heteroatoms. The summed E-state index contributed by atoms with van der Waals surface area (Å²) >= 11 is 0. The highest BCUT2D eigenvalue weighted by Crippen LogP contribution is 2.02. The molecule has 64 valence electrons. The predicted molar refractivity (Wildman–Crippen MR) is 43.9 cm³/mol. The second kappa shape index (κ2) is 7.75. The zero-order valence-electron chi connectivity index (χ0n) is 7.05. The zero-order chi connectivity index (χ0) is 9.23. The van der Waals surface area contributed by atoms with Gasteiger partial charge in [-0.2, -0.15) is 10.5 Å². The standard InChI is InChI=1S/C9H12N2O/c10-7-3-1-5-9(12)6-2-4-8-11/h1-6H2. The van der Waals surface area contributed by atoms with Crippen molar-refractivity contribution < 1.29 is 4.79 Å². The first-order chi connectivity index (χ1) is 5.81. The van der Waals surface area contributed by atoms with Crippen molar-refractivity contribution in [2.24, 2.45) is 0 Å². The Balaban J connectivity index is 3.24. The van der Waals surface area contributed by atoms with E-state index in [0.29, 0.717) is 38.5 Å². The van der Waals surface area contributed by atoms with Crippen molar-refractivity contribution in [2.75, 3.05) is 0 Å². The molecule has 0 bridgehead atoms. The lowest BCUT2D eigenvalue weighted by Gasteiger charge is -1.94. The second-order valence-electron chi connectivity index (χ2n) is 2.56. The predicted octanol–water partition coefficient (Wildman–Crippen LogP) is 1.94. The first-order valence-electron chi connectivity index (χ1n) is 4.07. The number of carbonyl (C=O) groups excluding carboxylic acids is 1. The molecular weight excluding hydrogens is 152 g/mol. The molecule has 0 saturated heterocycles. The smallest absolute Gasteiger partial charge is 0.132 e. The molecule has 0 heterocycles. The molecule has 0 aliphatic rings. The lowest BCUT2D eigenvalue weighted by atomic mass is 10.1. The van der Waals surface area contributed by atoms with Gasteiger partial charge in [0.05, 0.1) is 12.1 Å². The van der Waals surface area contributed by atoms with E-state index >= 15 is 0 Å². The van der Waals surface area contributed by atoms with Gasteiger partial charge < -0.3 is 0 Å². The maximum Gasteiger partial charge on any atom is 0.132 e. The molecule has 0 unspecified atom stereocenters. The lowest BCUT2D eigenvalue weighted by Crippen LogP contribution is -1.96. The van der Waals surface area contributed by atoms with Gasteiger partial charge in [0.2, 0.25) is 0 Å². The molecule has 3 nitrogen and oxygen atoms in total. The summed E-state index contributed by atoms with van der Waals surface area (Å²) < 4.78 is 0. The molecule has 0 aliphatic heterocycles. The van der Waals surface area contributed by atoms with Crippen molar-refractivity contribution in [3.05, 3.63) is 0 Å². The third kappa shape index (κ3) is 6.77. The van der Waals surface area contributed by atoms with Gasteiger partial charge in [-0.25, -0.2) is 0 Å². The van der Waals surface area contributed by atoms with Crippen LogP contribution in [0, 0.1) is 22.7 Å². The Morgan fingerprint density at radius 3 is 1.75 bits per heavy atom. The van der Waals surface area contributed by atoms with Crippen LogP contribution in [-0.2, 0) is 4.79 Å². The van der Waals surface area contributed by atoms with Crippen LogP contribution in [0.5, 0.6) is 0 Å². The fraction of sp³-hybridized carbons (Fsp3) is 0.667. The summed E-state index contributed by atoms with van der Waals surface area (Å²) in [6.07, 6.45) is 3.18. The van der Waals surface area contributed by atoms with Crippen LogP contribution >= 0.6 is 0 Å². The number of carbonyl (C=O) groups is 1. The number of unbranched alkanes of at least 4 members (excludes halogenated alkanes) is 2. The Bertz CT molecular complexity index is 188. The quantitative estimate of drug-likeness (QED) is 0.563. The number of hydrogen-bond acceptors (Lipinski definition) is 3. The van der Waals surface area contributed by atoms with E-state index in [1.165, 1.54) is 0 Å². The molecule has 12 heavy (non-hydrogen) atoms. The normalized spacial score (nSPS) is 8.50. The summed E-state index contributed by atoms with van der Waals surface area (Å²) in [7, 11) is 0. The zero-order valence-corrected chi connectivity index (χ0v) is 7.05. The summed E-state index contributed by atoms with van der Waals surface area (Å²) in [6.45, 7) is 0. The minimum atomic E-state index is 0.167. The van der Waals surface area contributed by atoms with E-state index in [1.54, 1.807) is 0 Å². The van der Waals surface area contributed by atoms with E-state index in [0.717, 1.165) is 0 Å². The first-order valence-corrected chi connectivity index (χ1v) is 4.07. The third-order valence-electron chi connectivity index (χ3n) is 1.49. The number of hydrogen-bond donors (Lipinski definition) is 0. The highest BCUT2D eigenvalue weighted by molar-refractivity contribution is 5.78. The molecule has 0 radical (unpaired) electrons. The van der Waals surface area contributed by atoms with Gasteiger partial charge in [-0.05, 0) is 12.8 Å². The van der Waals surface area contributed by atoms with Crippen molar-refractivity contribution in [1.29, 1.82) is 10.5 Å². The van der Waals surface area contributed by atoms with E-state index in [2.05, 4.69) is 0 Å². The molecule has 0 saturated carbocycles. The first kappa shape index (κ1) is 10.7.